The maximum absolute atomic E-state index is 3.78. The molecule has 2 aromatic rings. The Hall–Kier alpha value is -0.863. The van der Waals surface area contributed by atoms with Gasteiger partial charge in [0.15, 0.2) is 0 Å². The van der Waals surface area contributed by atoms with Crippen LogP contribution in [0.1, 0.15) is 64.5 Å². The molecule has 0 saturated heterocycles. The van der Waals surface area contributed by atoms with Crippen molar-refractivity contribution in [3.8, 4) is 11.1 Å². The van der Waals surface area contributed by atoms with Crippen molar-refractivity contribution in [1.82, 2.24) is 0 Å². The van der Waals surface area contributed by atoms with Gasteiger partial charge in [0.2, 0.25) is 0 Å². The Bertz CT molecular complexity index is 834. The van der Waals surface area contributed by atoms with E-state index in [0.29, 0.717) is 0 Å². The summed E-state index contributed by atoms with van der Waals surface area (Å²) in [5.41, 5.74) is 6.27. The number of halogens is 1. The van der Waals surface area contributed by atoms with E-state index >= 15 is 0 Å². The molecular formula is C26H37BrSi. The van der Waals surface area contributed by atoms with E-state index in [1.54, 1.807) is 16.3 Å². The van der Waals surface area contributed by atoms with E-state index in [1.807, 2.05) is 0 Å². The van der Waals surface area contributed by atoms with Gasteiger partial charge in [0.25, 0.3) is 0 Å². The van der Waals surface area contributed by atoms with E-state index in [-0.39, 0.29) is 5.41 Å². The molecule has 152 valence electrons. The van der Waals surface area contributed by atoms with Crippen molar-refractivity contribution in [2.75, 3.05) is 0 Å². The summed E-state index contributed by atoms with van der Waals surface area (Å²) in [6.07, 6.45) is 4.99. The molecule has 0 heterocycles. The fourth-order valence-electron chi connectivity index (χ4n) is 4.94. The van der Waals surface area contributed by atoms with Gasteiger partial charge in [0.05, 0.1) is 8.07 Å². The van der Waals surface area contributed by atoms with E-state index < -0.39 is 8.07 Å². The summed E-state index contributed by atoms with van der Waals surface area (Å²) in [4.78, 5) is 0. The van der Waals surface area contributed by atoms with Gasteiger partial charge in [-0.05, 0) is 59.1 Å². The van der Waals surface area contributed by atoms with Crippen molar-refractivity contribution in [1.29, 1.82) is 0 Å². The average molecular weight is 458 g/mol. The van der Waals surface area contributed by atoms with Gasteiger partial charge in [0, 0.05) is 9.89 Å². The number of benzene rings is 2. The molecule has 0 nitrogen and oxygen atoms in total. The minimum Gasteiger partial charge on any atom is -0.0656 e. The molecule has 0 saturated carbocycles. The lowest BCUT2D eigenvalue weighted by atomic mass is 9.67. The second-order valence-electron chi connectivity index (χ2n) is 10.2. The van der Waals surface area contributed by atoms with Crippen molar-refractivity contribution in [2.24, 2.45) is 11.8 Å². The van der Waals surface area contributed by atoms with Gasteiger partial charge >= 0.3 is 0 Å². The SMILES string of the molecule is CC[C@H](C)CC1(C[C@@H](C)CC)c2cc(Br)ccc2-c2ccc([Si](C)(C)C)cc21. The third-order valence-corrected chi connectivity index (χ3v) is 9.51. The summed E-state index contributed by atoms with van der Waals surface area (Å²) in [5.74, 6) is 1.44. The summed E-state index contributed by atoms with van der Waals surface area (Å²) in [6.45, 7) is 17.0. The Labute approximate surface area is 182 Å². The fourth-order valence-corrected chi connectivity index (χ4v) is 6.46. The lowest BCUT2D eigenvalue weighted by Gasteiger charge is -2.37. The van der Waals surface area contributed by atoms with Crippen LogP contribution >= 0.6 is 15.9 Å². The Kier molecular flexibility index (Phi) is 6.32. The molecule has 1 aliphatic carbocycles. The maximum atomic E-state index is 3.78. The highest BCUT2D eigenvalue weighted by Gasteiger charge is 2.44. The Morgan fingerprint density at radius 1 is 0.821 bits per heavy atom. The number of fused-ring (bicyclic) bond motifs is 3. The zero-order valence-electron chi connectivity index (χ0n) is 18.8. The van der Waals surface area contributed by atoms with Gasteiger partial charge < -0.3 is 0 Å². The molecule has 0 radical (unpaired) electrons. The van der Waals surface area contributed by atoms with Crippen LogP contribution in [0.15, 0.2) is 40.9 Å². The molecule has 0 unspecified atom stereocenters. The van der Waals surface area contributed by atoms with Crippen molar-refractivity contribution in [3.63, 3.8) is 0 Å². The van der Waals surface area contributed by atoms with E-state index in [4.69, 9.17) is 0 Å². The molecule has 2 atom stereocenters. The predicted octanol–water partition coefficient (Wildman–Crippen LogP) is 8.13. The van der Waals surface area contributed by atoms with E-state index in [9.17, 15) is 0 Å². The standard InChI is InChI=1S/C26H37BrSi/c1-8-18(3)16-26(17-19(4)9-2)24-14-20(27)10-12-22(24)23-13-11-21(15-25(23)26)28(5,6)7/h10-15,18-19H,8-9,16-17H2,1-7H3/t18-,19-/m0/s1. The largest absolute Gasteiger partial charge is 0.0776 e. The molecule has 2 aromatic carbocycles. The summed E-state index contributed by atoms with van der Waals surface area (Å²) in [7, 11) is -1.36. The van der Waals surface area contributed by atoms with Crippen LogP contribution in [0, 0.1) is 11.8 Å². The van der Waals surface area contributed by atoms with Gasteiger partial charge in [-0.2, -0.15) is 0 Å². The second kappa shape index (κ2) is 8.11. The predicted molar refractivity (Wildman–Crippen MR) is 131 cm³/mol. The first-order chi connectivity index (χ1) is 13.1. The van der Waals surface area contributed by atoms with E-state index in [0.717, 1.165) is 11.8 Å². The number of rotatable bonds is 7. The van der Waals surface area contributed by atoms with Crippen LogP contribution in [0.5, 0.6) is 0 Å². The maximum Gasteiger partial charge on any atom is 0.0776 e. The van der Waals surface area contributed by atoms with Crippen molar-refractivity contribution < 1.29 is 0 Å². The first kappa shape index (κ1) is 21.8. The highest BCUT2D eigenvalue weighted by molar-refractivity contribution is 9.10. The molecule has 1 aliphatic rings. The molecule has 2 heteroatoms. The summed E-state index contributed by atoms with van der Waals surface area (Å²) in [6, 6.07) is 14.5. The monoisotopic (exact) mass is 456 g/mol. The highest BCUT2D eigenvalue weighted by atomic mass is 79.9. The second-order valence-corrected chi connectivity index (χ2v) is 16.2. The van der Waals surface area contributed by atoms with Crippen molar-refractivity contribution in [2.45, 2.75) is 78.4 Å². The average Bonchev–Trinajstić information content (AvgIpc) is 2.89. The molecule has 0 aliphatic heterocycles. The Morgan fingerprint density at radius 3 is 1.82 bits per heavy atom. The topological polar surface area (TPSA) is 0 Å². The number of hydrogen-bond donors (Lipinski definition) is 0. The smallest absolute Gasteiger partial charge is 0.0656 e. The van der Waals surface area contributed by atoms with Crippen molar-refractivity contribution in [3.05, 3.63) is 52.0 Å². The summed E-state index contributed by atoms with van der Waals surface area (Å²) < 4.78 is 1.21. The van der Waals surface area contributed by atoms with Gasteiger partial charge in [-0.15, -0.1) is 0 Å². The molecule has 0 aromatic heterocycles. The zero-order valence-corrected chi connectivity index (χ0v) is 21.4. The third-order valence-electron chi connectivity index (χ3n) is 6.98. The molecule has 0 N–H and O–H groups in total. The van der Waals surface area contributed by atoms with Crippen LogP contribution in [0.4, 0.5) is 0 Å². The van der Waals surface area contributed by atoms with E-state index in [2.05, 4.69) is 99.7 Å². The molecule has 0 amide bonds. The van der Waals surface area contributed by atoms with Gasteiger partial charge in [0.1, 0.15) is 0 Å². The number of hydrogen-bond acceptors (Lipinski definition) is 0. The zero-order chi connectivity index (χ0) is 20.7. The first-order valence-corrected chi connectivity index (χ1v) is 15.4. The minimum absolute atomic E-state index is 0.148. The third kappa shape index (κ3) is 3.92. The highest BCUT2D eigenvalue weighted by Crippen LogP contribution is 2.55. The van der Waals surface area contributed by atoms with Crippen LogP contribution in [0.3, 0.4) is 0 Å². The van der Waals surface area contributed by atoms with Crippen molar-refractivity contribution >= 4 is 29.2 Å². The Balaban J connectivity index is 2.31. The molecule has 0 spiro atoms. The summed E-state index contributed by atoms with van der Waals surface area (Å²) >= 11 is 3.78. The van der Waals surface area contributed by atoms with Gasteiger partial charge in [-0.1, -0.05) is 106 Å². The molecule has 0 fully saturated rings. The lowest BCUT2D eigenvalue weighted by molar-refractivity contribution is 0.308. The molecule has 28 heavy (non-hydrogen) atoms. The van der Waals surface area contributed by atoms with E-state index in [1.165, 1.54) is 41.3 Å². The first-order valence-electron chi connectivity index (χ1n) is 11.1. The molecular weight excluding hydrogens is 420 g/mol. The van der Waals surface area contributed by atoms with Gasteiger partial charge in [-0.25, -0.2) is 0 Å². The lowest BCUT2D eigenvalue weighted by Crippen LogP contribution is -2.39. The molecule has 3 rings (SSSR count). The summed E-state index contributed by atoms with van der Waals surface area (Å²) in [5, 5.41) is 1.59. The Morgan fingerprint density at radius 2 is 1.32 bits per heavy atom. The fraction of sp³-hybridized carbons (Fsp3) is 0.538. The van der Waals surface area contributed by atoms with Crippen LogP contribution in [0.25, 0.3) is 11.1 Å². The van der Waals surface area contributed by atoms with Crippen LogP contribution < -0.4 is 5.19 Å². The van der Waals surface area contributed by atoms with Crippen LogP contribution in [-0.4, -0.2) is 8.07 Å². The molecule has 0 bridgehead atoms. The van der Waals surface area contributed by atoms with Gasteiger partial charge in [-0.3, -0.25) is 0 Å². The van der Waals surface area contributed by atoms with Crippen LogP contribution in [-0.2, 0) is 5.41 Å². The van der Waals surface area contributed by atoms with Crippen LogP contribution in [0.2, 0.25) is 19.6 Å². The minimum atomic E-state index is -1.36. The normalized spacial score (nSPS) is 17.1. The quantitative estimate of drug-likeness (QED) is 0.368.